The van der Waals surface area contributed by atoms with Crippen molar-refractivity contribution in [1.82, 2.24) is 5.32 Å². The molecule has 3 atom stereocenters. The first kappa shape index (κ1) is 16.2. The van der Waals surface area contributed by atoms with Crippen LogP contribution in [0.2, 0.25) is 0 Å². The largest absolute Gasteiger partial charge is 0.309 e. The van der Waals surface area contributed by atoms with Gasteiger partial charge in [-0.15, -0.1) is 0 Å². The zero-order valence-electron chi connectivity index (χ0n) is 12.5. The van der Waals surface area contributed by atoms with Gasteiger partial charge in [0.15, 0.2) is 0 Å². The van der Waals surface area contributed by atoms with E-state index in [0.717, 1.165) is 12.1 Å². The first-order valence-electron chi connectivity index (χ1n) is 7.40. The fourth-order valence-corrected chi connectivity index (χ4v) is 6.06. The molecule has 1 saturated heterocycles. The summed E-state index contributed by atoms with van der Waals surface area (Å²) in [7, 11) is 0. The summed E-state index contributed by atoms with van der Waals surface area (Å²) in [4.78, 5) is 0. The van der Waals surface area contributed by atoms with Crippen molar-refractivity contribution in [1.29, 1.82) is 0 Å². The molecule has 20 heavy (non-hydrogen) atoms. The highest BCUT2D eigenvalue weighted by Gasteiger charge is 2.33. The number of hydrogen-bond acceptors (Lipinski definition) is 3. The third kappa shape index (κ3) is 3.71. The normalized spacial score (nSPS) is 24.6. The highest BCUT2D eigenvalue weighted by molar-refractivity contribution is 8.07. The van der Waals surface area contributed by atoms with Gasteiger partial charge in [-0.1, -0.05) is 19.9 Å². The molecule has 0 aliphatic carbocycles. The summed E-state index contributed by atoms with van der Waals surface area (Å²) < 4.78 is 13.7. The molecule has 3 unspecified atom stereocenters. The minimum atomic E-state index is -0.130. The van der Waals surface area contributed by atoms with E-state index < -0.39 is 0 Å². The molecule has 0 bridgehead atoms. The van der Waals surface area contributed by atoms with Crippen LogP contribution >= 0.6 is 23.5 Å². The summed E-state index contributed by atoms with van der Waals surface area (Å²) in [6, 6.07) is 5.42. The van der Waals surface area contributed by atoms with Crippen LogP contribution in [0.3, 0.4) is 0 Å². The zero-order valence-corrected chi connectivity index (χ0v) is 14.1. The summed E-state index contributed by atoms with van der Waals surface area (Å²) in [5.41, 5.74) is 2.31. The fraction of sp³-hybridized carbons (Fsp3) is 0.625. The lowest BCUT2D eigenvalue weighted by molar-refractivity contribution is 0.506. The van der Waals surface area contributed by atoms with Crippen LogP contribution in [-0.2, 0) is 0 Å². The number of benzene rings is 1. The van der Waals surface area contributed by atoms with Crippen LogP contribution < -0.4 is 5.32 Å². The molecule has 0 spiro atoms. The van der Waals surface area contributed by atoms with E-state index in [1.807, 2.05) is 17.8 Å². The molecule has 112 valence electrons. The minimum absolute atomic E-state index is 0.130. The van der Waals surface area contributed by atoms with Gasteiger partial charge < -0.3 is 5.32 Å². The molecule has 1 aromatic carbocycles. The summed E-state index contributed by atoms with van der Waals surface area (Å²) in [6.45, 7) is 7.39. The number of rotatable bonds is 5. The van der Waals surface area contributed by atoms with Crippen LogP contribution in [0.25, 0.3) is 0 Å². The van der Waals surface area contributed by atoms with E-state index in [1.165, 1.54) is 23.5 Å². The Hall–Kier alpha value is -0.190. The molecule has 1 aliphatic heterocycles. The van der Waals surface area contributed by atoms with E-state index in [2.05, 4.69) is 37.8 Å². The smallest absolute Gasteiger partial charge is 0.123 e. The van der Waals surface area contributed by atoms with Crippen molar-refractivity contribution < 1.29 is 4.39 Å². The van der Waals surface area contributed by atoms with Gasteiger partial charge in [0.2, 0.25) is 0 Å². The average Bonchev–Trinajstić information content (AvgIpc) is 2.47. The third-order valence-corrected chi connectivity index (χ3v) is 7.17. The van der Waals surface area contributed by atoms with E-state index in [4.69, 9.17) is 0 Å². The van der Waals surface area contributed by atoms with E-state index in [1.54, 1.807) is 12.1 Å². The highest BCUT2D eigenvalue weighted by atomic mass is 32.2. The lowest BCUT2D eigenvalue weighted by atomic mass is 9.96. The van der Waals surface area contributed by atoms with Gasteiger partial charge in [-0.05, 0) is 43.1 Å². The molecule has 4 heteroatoms. The van der Waals surface area contributed by atoms with Gasteiger partial charge in [0, 0.05) is 28.0 Å². The maximum absolute atomic E-state index is 13.7. The molecular weight excluding hydrogens is 289 g/mol. The topological polar surface area (TPSA) is 12.0 Å². The van der Waals surface area contributed by atoms with Crippen molar-refractivity contribution in [2.45, 2.75) is 43.7 Å². The van der Waals surface area contributed by atoms with Gasteiger partial charge in [0.25, 0.3) is 0 Å². The Labute approximate surface area is 130 Å². The molecule has 1 heterocycles. The van der Waals surface area contributed by atoms with Gasteiger partial charge >= 0.3 is 0 Å². The first-order valence-corrected chi connectivity index (χ1v) is 9.49. The van der Waals surface area contributed by atoms with Crippen LogP contribution in [0.5, 0.6) is 0 Å². The maximum atomic E-state index is 13.7. The van der Waals surface area contributed by atoms with Crippen LogP contribution in [0, 0.1) is 12.7 Å². The van der Waals surface area contributed by atoms with E-state index >= 15 is 0 Å². The molecule has 1 aliphatic rings. The van der Waals surface area contributed by atoms with Crippen molar-refractivity contribution >= 4 is 23.5 Å². The standard InChI is InChI=1S/C16H24FNS2/c1-4-14-16(20-9-8-19-14)15(18-5-2)13-10-12(17)7-6-11(13)3/h6-7,10,14-16,18H,4-5,8-9H2,1-3H3. The van der Waals surface area contributed by atoms with Crippen molar-refractivity contribution in [2.24, 2.45) is 0 Å². The summed E-state index contributed by atoms with van der Waals surface area (Å²) >= 11 is 4.12. The molecule has 1 aromatic rings. The Kier molecular flexibility index (Phi) is 6.24. The Morgan fingerprint density at radius 3 is 2.75 bits per heavy atom. The molecule has 0 radical (unpaired) electrons. The molecule has 1 fully saturated rings. The highest BCUT2D eigenvalue weighted by Crippen LogP contribution is 2.41. The van der Waals surface area contributed by atoms with E-state index in [9.17, 15) is 4.39 Å². The Bertz CT molecular complexity index is 438. The maximum Gasteiger partial charge on any atom is 0.123 e. The molecule has 0 aromatic heterocycles. The van der Waals surface area contributed by atoms with Gasteiger partial charge in [0.05, 0.1) is 0 Å². The Morgan fingerprint density at radius 2 is 2.05 bits per heavy atom. The predicted molar refractivity (Wildman–Crippen MR) is 90.3 cm³/mol. The number of halogens is 1. The monoisotopic (exact) mass is 313 g/mol. The van der Waals surface area contributed by atoms with Crippen LogP contribution in [-0.4, -0.2) is 28.6 Å². The number of aryl methyl sites for hydroxylation is 1. The van der Waals surface area contributed by atoms with Gasteiger partial charge in [-0.2, -0.15) is 23.5 Å². The van der Waals surface area contributed by atoms with E-state index in [0.29, 0.717) is 10.5 Å². The number of nitrogens with one attached hydrogen (secondary N) is 1. The van der Waals surface area contributed by atoms with Gasteiger partial charge in [0.1, 0.15) is 5.82 Å². The lowest BCUT2D eigenvalue weighted by Gasteiger charge is -2.37. The second-order valence-corrected chi connectivity index (χ2v) is 7.82. The summed E-state index contributed by atoms with van der Waals surface area (Å²) in [6.07, 6.45) is 1.18. The predicted octanol–water partition coefficient (Wildman–Crippen LogP) is 4.41. The Morgan fingerprint density at radius 1 is 1.30 bits per heavy atom. The van der Waals surface area contributed by atoms with E-state index in [-0.39, 0.29) is 11.9 Å². The molecular formula is C16H24FNS2. The third-order valence-electron chi connectivity index (χ3n) is 3.82. The minimum Gasteiger partial charge on any atom is -0.309 e. The molecule has 1 nitrogen and oxygen atoms in total. The average molecular weight is 314 g/mol. The summed E-state index contributed by atoms with van der Waals surface area (Å²) in [5, 5.41) is 4.78. The van der Waals surface area contributed by atoms with Crippen molar-refractivity contribution in [3.63, 3.8) is 0 Å². The van der Waals surface area contributed by atoms with Crippen LogP contribution in [0.15, 0.2) is 18.2 Å². The van der Waals surface area contributed by atoms with Crippen LogP contribution in [0.1, 0.15) is 37.4 Å². The van der Waals surface area contributed by atoms with Crippen molar-refractivity contribution in [2.75, 3.05) is 18.1 Å². The fourth-order valence-electron chi connectivity index (χ4n) is 2.82. The lowest BCUT2D eigenvalue weighted by Crippen LogP contribution is -2.39. The quantitative estimate of drug-likeness (QED) is 0.864. The van der Waals surface area contributed by atoms with Gasteiger partial charge in [-0.25, -0.2) is 4.39 Å². The van der Waals surface area contributed by atoms with Crippen LogP contribution in [0.4, 0.5) is 4.39 Å². The van der Waals surface area contributed by atoms with Crippen molar-refractivity contribution in [3.8, 4) is 0 Å². The molecule has 1 N–H and O–H groups in total. The summed E-state index contributed by atoms with van der Waals surface area (Å²) in [5.74, 6) is 2.30. The second kappa shape index (κ2) is 7.71. The molecule has 0 amide bonds. The second-order valence-electron chi connectivity index (χ2n) is 5.19. The van der Waals surface area contributed by atoms with Gasteiger partial charge in [-0.3, -0.25) is 0 Å². The Balaban J connectivity index is 2.31. The SMILES string of the molecule is CCNC(c1cc(F)ccc1C)C1SCCSC1CC. The van der Waals surface area contributed by atoms with Crippen molar-refractivity contribution in [3.05, 3.63) is 35.1 Å². The molecule has 0 saturated carbocycles. The number of thioether (sulfide) groups is 2. The number of hydrogen-bond donors (Lipinski definition) is 1. The zero-order chi connectivity index (χ0) is 14.5. The first-order chi connectivity index (χ1) is 9.67. The molecule has 2 rings (SSSR count).